The zero-order valence-corrected chi connectivity index (χ0v) is 12.4. The van der Waals surface area contributed by atoms with Crippen molar-refractivity contribution in [1.29, 1.82) is 0 Å². The first-order valence-electron chi connectivity index (χ1n) is 5.71. The molecule has 13 heavy (non-hydrogen) atoms. The average Bonchev–Trinajstić information content (AvgIpc) is 2.28. The van der Waals surface area contributed by atoms with Gasteiger partial charge in [-0.05, 0) is 0 Å². The molecular weight excluding hydrogens is 217 g/mol. The Morgan fingerprint density at radius 2 is 1.00 bits per heavy atom. The van der Waals surface area contributed by atoms with E-state index in [9.17, 15) is 0 Å². The zero-order chi connectivity index (χ0) is 10.3. The van der Waals surface area contributed by atoms with Crippen molar-refractivity contribution in [2.45, 2.75) is 73.4 Å². The van der Waals surface area contributed by atoms with E-state index in [-0.39, 0.29) is 0 Å². The summed E-state index contributed by atoms with van der Waals surface area (Å²) < 4.78 is 1.30. The third-order valence-electron chi connectivity index (χ3n) is 4.33. The van der Waals surface area contributed by atoms with E-state index in [2.05, 4.69) is 41.5 Å². The van der Waals surface area contributed by atoms with Gasteiger partial charge >= 0.3 is 86.7 Å². The molecule has 0 bridgehead atoms. The van der Waals surface area contributed by atoms with E-state index in [0.717, 1.165) is 0 Å². The van der Waals surface area contributed by atoms with E-state index in [4.69, 9.17) is 0 Å². The maximum absolute atomic E-state index is 2.50. The summed E-state index contributed by atoms with van der Waals surface area (Å²) in [4.78, 5) is 0. The molecule has 78 valence electrons. The van der Waals surface area contributed by atoms with Crippen LogP contribution in [-0.2, 0) is 0 Å². The first kappa shape index (κ1) is 11.6. The fraction of sp³-hybridized carbons (Fsp3) is 1.00. The third-order valence-corrected chi connectivity index (χ3v) is 21.4. The van der Waals surface area contributed by atoms with E-state index in [1.165, 1.54) is 12.8 Å². The molecule has 1 fully saturated rings. The van der Waals surface area contributed by atoms with Gasteiger partial charge in [0.05, 0.1) is 0 Å². The molecule has 1 saturated heterocycles. The molecule has 0 N–H and O–H groups in total. The quantitative estimate of drug-likeness (QED) is 0.534. The predicted molar refractivity (Wildman–Crippen MR) is 64.0 cm³/mol. The zero-order valence-electron chi connectivity index (χ0n) is 10.3. The Hall–Kier alpha value is 0.543. The van der Waals surface area contributed by atoms with Crippen molar-refractivity contribution in [3.8, 4) is 0 Å². The van der Waals surface area contributed by atoms with Gasteiger partial charge in [-0.3, -0.25) is 0 Å². The molecule has 0 aromatic heterocycles. The molecule has 1 aliphatic rings. The van der Waals surface area contributed by atoms with Crippen molar-refractivity contribution < 1.29 is 0 Å². The fourth-order valence-electron chi connectivity index (χ4n) is 3.60. The van der Waals surface area contributed by atoms with Crippen LogP contribution < -0.4 is 0 Å². The van der Waals surface area contributed by atoms with Crippen LogP contribution in [0.1, 0.15) is 54.4 Å². The third kappa shape index (κ3) is 1.84. The average molecular weight is 243 g/mol. The summed E-state index contributed by atoms with van der Waals surface area (Å²) in [6, 6.07) is 0. The summed E-state index contributed by atoms with van der Waals surface area (Å²) >= 11 is -1.60. The fourth-order valence-corrected chi connectivity index (χ4v) is 18.7. The van der Waals surface area contributed by atoms with Crippen LogP contribution in [0.3, 0.4) is 0 Å². The number of hydrogen-bond donors (Lipinski definition) is 0. The molecule has 0 amide bonds. The molecule has 0 spiro atoms. The van der Waals surface area contributed by atoms with Crippen LogP contribution in [0, 0.1) is 0 Å². The Kier molecular flexibility index (Phi) is 2.94. The molecule has 0 nitrogen and oxygen atoms in total. The van der Waals surface area contributed by atoms with Gasteiger partial charge < -0.3 is 0 Å². The summed E-state index contributed by atoms with van der Waals surface area (Å²) in [6.07, 6.45) is 3.04. The van der Waals surface area contributed by atoms with Crippen molar-refractivity contribution in [3.05, 3.63) is 0 Å². The van der Waals surface area contributed by atoms with Crippen LogP contribution in [0.15, 0.2) is 0 Å². The standard InChI is InChI=1S/C12H26Ge/c1-11(2,3)13(12(4,5)6)9-7-8-10-13/h7-10H2,1-6H3. The van der Waals surface area contributed by atoms with Crippen LogP contribution in [0.2, 0.25) is 19.0 Å². The van der Waals surface area contributed by atoms with E-state index in [1.807, 2.05) is 0 Å². The molecule has 0 aromatic carbocycles. The topological polar surface area (TPSA) is 0 Å². The van der Waals surface area contributed by atoms with Crippen molar-refractivity contribution in [2.75, 3.05) is 0 Å². The molecule has 0 saturated carbocycles. The van der Waals surface area contributed by atoms with E-state index in [0.29, 0.717) is 8.49 Å². The number of hydrogen-bond acceptors (Lipinski definition) is 0. The SMILES string of the molecule is C[C](C)(C)[Ge]1([C](C)(C)C)[CH2]CC[CH2]1. The van der Waals surface area contributed by atoms with Gasteiger partial charge in [0.15, 0.2) is 0 Å². The Labute approximate surface area is 86.9 Å². The summed E-state index contributed by atoms with van der Waals surface area (Å²) in [5, 5.41) is 3.24. The van der Waals surface area contributed by atoms with Gasteiger partial charge in [0.25, 0.3) is 0 Å². The molecular formula is C12H26Ge. The molecule has 0 atom stereocenters. The Morgan fingerprint density at radius 3 is 1.15 bits per heavy atom. The monoisotopic (exact) mass is 244 g/mol. The van der Waals surface area contributed by atoms with Gasteiger partial charge in [-0.1, -0.05) is 0 Å². The second kappa shape index (κ2) is 3.29. The van der Waals surface area contributed by atoms with E-state index in [1.54, 1.807) is 10.5 Å². The van der Waals surface area contributed by atoms with Crippen LogP contribution in [-0.4, -0.2) is 13.3 Å². The van der Waals surface area contributed by atoms with Gasteiger partial charge in [0.1, 0.15) is 0 Å². The van der Waals surface area contributed by atoms with Gasteiger partial charge in [-0.15, -0.1) is 0 Å². The van der Waals surface area contributed by atoms with Crippen LogP contribution >= 0.6 is 0 Å². The molecule has 0 aliphatic carbocycles. The minimum absolute atomic E-state index is 0.648. The van der Waals surface area contributed by atoms with Gasteiger partial charge in [0.2, 0.25) is 0 Å². The molecule has 0 unspecified atom stereocenters. The molecule has 0 aromatic rings. The van der Waals surface area contributed by atoms with Crippen molar-refractivity contribution in [1.82, 2.24) is 0 Å². The van der Waals surface area contributed by atoms with Gasteiger partial charge in [-0.25, -0.2) is 0 Å². The normalized spacial score (nSPS) is 23.5. The van der Waals surface area contributed by atoms with E-state index >= 15 is 0 Å². The second-order valence-corrected chi connectivity index (χ2v) is 19.7. The van der Waals surface area contributed by atoms with Crippen molar-refractivity contribution in [3.63, 3.8) is 0 Å². The van der Waals surface area contributed by atoms with Crippen LogP contribution in [0.5, 0.6) is 0 Å². The molecule has 0 radical (unpaired) electrons. The second-order valence-electron chi connectivity index (χ2n) is 6.79. The van der Waals surface area contributed by atoms with Crippen molar-refractivity contribution in [2.24, 2.45) is 0 Å². The first-order chi connectivity index (χ1) is 5.71. The number of rotatable bonds is 0. The molecule has 1 heteroatoms. The molecule has 1 aliphatic heterocycles. The predicted octanol–water partition coefficient (Wildman–Crippen LogP) is 4.83. The molecule has 1 rings (SSSR count). The molecule has 1 heterocycles. The Morgan fingerprint density at radius 1 is 0.692 bits per heavy atom. The minimum atomic E-state index is -1.60. The van der Waals surface area contributed by atoms with Crippen molar-refractivity contribution >= 4 is 13.3 Å². The first-order valence-corrected chi connectivity index (χ1v) is 10.8. The van der Waals surface area contributed by atoms with Crippen LogP contribution in [0.4, 0.5) is 0 Å². The van der Waals surface area contributed by atoms with E-state index < -0.39 is 13.3 Å². The summed E-state index contributed by atoms with van der Waals surface area (Å²) in [5.41, 5.74) is 0. The Bertz CT molecular complexity index is 158. The van der Waals surface area contributed by atoms with Gasteiger partial charge in [0, 0.05) is 0 Å². The summed E-state index contributed by atoms with van der Waals surface area (Å²) in [6.45, 7) is 15.0. The van der Waals surface area contributed by atoms with Crippen LogP contribution in [0.25, 0.3) is 0 Å². The maximum atomic E-state index is 2.50. The summed E-state index contributed by atoms with van der Waals surface area (Å²) in [5.74, 6) is 0. The van der Waals surface area contributed by atoms with Gasteiger partial charge in [-0.2, -0.15) is 0 Å². The Balaban J connectivity index is 3.02. The summed E-state index contributed by atoms with van der Waals surface area (Å²) in [7, 11) is 0.